The van der Waals surface area contributed by atoms with Crippen molar-refractivity contribution < 1.29 is 27.5 Å². The van der Waals surface area contributed by atoms with E-state index < -0.39 is 24.4 Å². The molecule has 0 aromatic carbocycles. The van der Waals surface area contributed by atoms with Gasteiger partial charge >= 0.3 is 12.1 Å². The van der Waals surface area contributed by atoms with Crippen LogP contribution >= 0.6 is 0 Å². The maximum atomic E-state index is 13.0. The fourth-order valence-corrected chi connectivity index (χ4v) is 2.72. The number of rotatable bonds is 3. The lowest BCUT2D eigenvalue weighted by molar-refractivity contribution is -0.146. The zero-order valence-electron chi connectivity index (χ0n) is 10.5. The monoisotopic (exact) mass is 288 g/mol. The fourth-order valence-electron chi connectivity index (χ4n) is 2.72. The molecular formula is C12H11F3N2O3. The number of Topliss-reactive ketones (excluding diaryl/α,β-unsaturated/α-hetero) is 1. The topological polar surface area (TPSA) is 61.2 Å². The van der Waals surface area contributed by atoms with E-state index in [0.717, 1.165) is 4.68 Å². The summed E-state index contributed by atoms with van der Waals surface area (Å²) in [5.74, 6) is -1.81. The predicted molar refractivity (Wildman–Crippen MR) is 59.0 cm³/mol. The zero-order valence-corrected chi connectivity index (χ0v) is 10.5. The standard InChI is InChI=1S/C12H11F3N2O3/c1-2-20-7(18)4-17-9-8(5-3-6(5)10(9)19)11(16-17)12(13,14)15/h5-6H,2-4H2,1H3/t5-,6+/m0/s1. The first-order valence-corrected chi connectivity index (χ1v) is 6.22. The molecule has 2 aliphatic rings. The number of carbonyl (C=O) groups is 2. The second-order valence-corrected chi connectivity index (χ2v) is 4.88. The Kier molecular flexibility index (Phi) is 2.67. The minimum Gasteiger partial charge on any atom is -0.465 e. The number of fused-ring (bicyclic) bond motifs is 3. The highest BCUT2D eigenvalue weighted by Gasteiger charge is 2.58. The molecule has 108 valence electrons. The van der Waals surface area contributed by atoms with Crippen LogP contribution in [0.15, 0.2) is 0 Å². The number of aromatic nitrogens is 2. The normalized spacial score (nSPS) is 23.5. The molecule has 0 saturated heterocycles. The van der Waals surface area contributed by atoms with E-state index in [2.05, 4.69) is 9.84 Å². The van der Waals surface area contributed by atoms with Gasteiger partial charge in [0.25, 0.3) is 0 Å². The second-order valence-electron chi connectivity index (χ2n) is 4.88. The quantitative estimate of drug-likeness (QED) is 0.795. The molecule has 0 unspecified atom stereocenters. The predicted octanol–water partition coefficient (Wildman–Crippen LogP) is 1.76. The molecule has 0 N–H and O–H groups in total. The number of hydrogen-bond donors (Lipinski definition) is 0. The molecule has 1 aromatic heterocycles. The molecule has 0 amide bonds. The van der Waals surface area contributed by atoms with Crippen molar-refractivity contribution in [2.45, 2.75) is 32.0 Å². The van der Waals surface area contributed by atoms with Gasteiger partial charge in [-0.05, 0) is 19.3 Å². The first-order valence-electron chi connectivity index (χ1n) is 6.22. The first-order chi connectivity index (χ1) is 9.34. The number of esters is 1. The smallest absolute Gasteiger partial charge is 0.435 e. The average molecular weight is 288 g/mol. The molecule has 1 saturated carbocycles. The van der Waals surface area contributed by atoms with Crippen LogP contribution in [-0.4, -0.2) is 28.1 Å². The van der Waals surface area contributed by atoms with Crippen LogP contribution in [0.25, 0.3) is 0 Å². The Morgan fingerprint density at radius 3 is 2.75 bits per heavy atom. The van der Waals surface area contributed by atoms with E-state index >= 15 is 0 Å². The highest BCUT2D eigenvalue weighted by molar-refractivity contribution is 6.05. The Morgan fingerprint density at radius 1 is 1.45 bits per heavy atom. The van der Waals surface area contributed by atoms with Gasteiger partial charge in [0.05, 0.1) is 6.61 Å². The molecule has 0 radical (unpaired) electrons. The van der Waals surface area contributed by atoms with Crippen LogP contribution in [0, 0.1) is 5.92 Å². The third kappa shape index (κ3) is 1.82. The molecule has 0 bridgehead atoms. The molecule has 2 aliphatic carbocycles. The number of carbonyl (C=O) groups excluding carboxylic acids is 2. The van der Waals surface area contributed by atoms with Crippen LogP contribution in [0.3, 0.4) is 0 Å². The summed E-state index contributed by atoms with van der Waals surface area (Å²) < 4.78 is 44.4. The van der Waals surface area contributed by atoms with Crippen molar-refractivity contribution in [3.8, 4) is 0 Å². The Morgan fingerprint density at radius 2 is 2.15 bits per heavy atom. The van der Waals surface area contributed by atoms with Gasteiger partial charge in [-0.2, -0.15) is 18.3 Å². The van der Waals surface area contributed by atoms with Crippen LogP contribution in [0.1, 0.15) is 41.0 Å². The Hall–Kier alpha value is -1.86. The Bertz CT molecular complexity index is 606. The van der Waals surface area contributed by atoms with Gasteiger partial charge in [0, 0.05) is 11.5 Å². The maximum Gasteiger partial charge on any atom is 0.435 e. The van der Waals surface area contributed by atoms with Crippen LogP contribution in [-0.2, 0) is 22.3 Å². The molecular weight excluding hydrogens is 277 g/mol. The van der Waals surface area contributed by atoms with Gasteiger partial charge in [0.15, 0.2) is 11.5 Å². The molecule has 1 heterocycles. The summed E-state index contributed by atoms with van der Waals surface area (Å²) in [6.07, 6.45) is -4.18. The summed E-state index contributed by atoms with van der Waals surface area (Å²) in [5, 5.41) is 3.42. The summed E-state index contributed by atoms with van der Waals surface area (Å²) >= 11 is 0. The highest BCUT2D eigenvalue weighted by Crippen LogP contribution is 2.58. The maximum absolute atomic E-state index is 13.0. The van der Waals surface area contributed by atoms with E-state index in [1.165, 1.54) is 0 Å². The third-order valence-corrected chi connectivity index (χ3v) is 3.57. The minimum atomic E-state index is -4.62. The van der Waals surface area contributed by atoms with Crippen molar-refractivity contribution in [1.29, 1.82) is 0 Å². The van der Waals surface area contributed by atoms with E-state index in [1.54, 1.807) is 6.92 Å². The first kappa shape index (κ1) is 13.1. The van der Waals surface area contributed by atoms with Crippen LogP contribution in [0.4, 0.5) is 13.2 Å². The van der Waals surface area contributed by atoms with Gasteiger partial charge in [0.1, 0.15) is 12.2 Å². The van der Waals surface area contributed by atoms with Crippen molar-refractivity contribution in [3.05, 3.63) is 17.0 Å². The molecule has 0 spiro atoms. The molecule has 1 aromatic rings. The van der Waals surface area contributed by atoms with Crippen molar-refractivity contribution in [3.63, 3.8) is 0 Å². The van der Waals surface area contributed by atoms with E-state index in [0.29, 0.717) is 6.42 Å². The number of halogens is 3. The fraction of sp³-hybridized carbons (Fsp3) is 0.583. The van der Waals surface area contributed by atoms with Crippen LogP contribution in [0.5, 0.6) is 0 Å². The summed E-state index contributed by atoms with van der Waals surface area (Å²) in [6.45, 7) is 1.23. The van der Waals surface area contributed by atoms with Gasteiger partial charge in [0.2, 0.25) is 0 Å². The Labute approximate surface area is 111 Å². The SMILES string of the molecule is CCOC(=O)Cn1nc(C(F)(F)F)c2c1C(=O)[C@@H]1C[C@H]21. The summed E-state index contributed by atoms with van der Waals surface area (Å²) in [7, 11) is 0. The van der Waals surface area contributed by atoms with Gasteiger partial charge in [-0.15, -0.1) is 0 Å². The number of nitrogens with zero attached hydrogens (tertiary/aromatic N) is 2. The van der Waals surface area contributed by atoms with Gasteiger partial charge in [-0.1, -0.05) is 0 Å². The lowest BCUT2D eigenvalue weighted by Gasteiger charge is -2.05. The van der Waals surface area contributed by atoms with Gasteiger partial charge < -0.3 is 4.74 Å². The Balaban J connectivity index is 2.02. The van der Waals surface area contributed by atoms with E-state index in [-0.39, 0.29) is 35.5 Å². The number of ether oxygens (including phenoxy) is 1. The molecule has 20 heavy (non-hydrogen) atoms. The average Bonchev–Trinajstić information content (AvgIpc) is 2.95. The third-order valence-electron chi connectivity index (χ3n) is 3.57. The number of ketones is 1. The van der Waals surface area contributed by atoms with Gasteiger partial charge in [-0.25, -0.2) is 4.68 Å². The minimum absolute atomic E-state index is 0.0446. The summed E-state index contributed by atoms with van der Waals surface area (Å²) in [6, 6.07) is 0. The molecule has 5 nitrogen and oxygen atoms in total. The summed E-state index contributed by atoms with van der Waals surface area (Å²) in [5.41, 5.74) is -1.17. The van der Waals surface area contributed by atoms with E-state index in [1.807, 2.05) is 0 Å². The van der Waals surface area contributed by atoms with E-state index in [4.69, 9.17) is 0 Å². The molecule has 2 atom stereocenters. The molecule has 1 fully saturated rings. The highest BCUT2D eigenvalue weighted by atomic mass is 19.4. The van der Waals surface area contributed by atoms with Crippen LogP contribution < -0.4 is 0 Å². The molecule has 3 rings (SSSR count). The van der Waals surface area contributed by atoms with Crippen molar-refractivity contribution >= 4 is 11.8 Å². The second kappa shape index (κ2) is 4.07. The van der Waals surface area contributed by atoms with Gasteiger partial charge in [-0.3, -0.25) is 9.59 Å². The van der Waals surface area contributed by atoms with Crippen LogP contribution in [0.2, 0.25) is 0 Å². The van der Waals surface area contributed by atoms with Crippen molar-refractivity contribution in [2.75, 3.05) is 6.61 Å². The lowest BCUT2D eigenvalue weighted by Crippen LogP contribution is -2.19. The largest absolute Gasteiger partial charge is 0.465 e. The van der Waals surface area contributed by atoms with Crippen molar-refractivity contribution in [2.24, 2.45) is 5.92 Å². The molecule has 0 aliphatic heterocycles. The van der Waals surface area contributed by atoms with E-state index in [9.17, 15) is 22.8 Å². The molecule has 8 heteroatoms. The zero-order chi connectivity index (χ0) is 14.7. The lowest BCUT2D eigenvalue weighted by atomic mass is 10.1. The summed E-state index contributed by atoms with van der Waals surface area (Å²) in [4.78, 5) is 23.4. The number of hydrogen-bond acceptors (Lipinski definition) is 4. The van der Waals surface area contributed by atoms with Crippen molar-refractivity contribution in [1.82, 2.24) is 9.78 Å². The number of alkyl halides is 3.